The second-order valence-corrected chi connectivity index (χ2v) is 7.70. The number of amides is 2. The molecule has 9 heteroatoms. The van der Waals surface area contributed by atoms with Crippen molar-refractivity contribution in [3.63, 3.8) is 0 Å². The lowest BCUT2D eigenvalue weighted by atomic mass is 9.97. The van der Waals surface area contributed by atoms with E-state index in [9.17, 15) is 27.6 Å². The maximum atomic E-state index is 13.8. The van der Waals surface area contributed by atoms with E-state index >= 15 is 0 Å². The van der Waals surface area contributed by atoms with E-state index in [4.69, 9.17) is 5.11 Å². The number of hydrogen-bond acceptors (Lipinski definition) is 3. The molecule has 0 spiro atoms. The highest BCUT2D eigenvalue weighted by atomic mass is 19.4. The van der Waals surface area contributed by atoms with Gasteiger partial charge in [0.25, 0.3) is 11.8 Å². The van der Waals surface area contributed by atoms with Crippen molar-refractivity contribution in [3.05, 3.63) is 89.0 Å². The molecule has 3 aromatic rings. The molecule has 0 atom stereocenters. The number of carboxylic acids is 1. The third-order valence-corrected chi connectivity index (χ3v) is 5.01. The number of carbonyl (C=O) groups is 3. The zero-order chi connectivity index (χ0) is 25.0. The van der Waals surface area contributed by atoms with E-state index in [-0.39, 0.29) is 28.7 Å². The number of nitrogens with one attached hydrogen (secondary N) is 1. The molecule has 0 aliphatic carbocycles. The molecule has 3 aromatic carbocycles. The Morgan fingerprint density at radius 2 is 1.59 bits per heavy atom. The topological polar surface area (TPSA) is 86.7 Å². The average molecular weight is 470 g/mol. The molecule has 0 saturated carbocycles. The minimum Gasteiger partial charge on any atom is -0.481 e. The smallest absolute Gasteiger partial charge is 0.418 e. The third-order valence-electron chi connectivity index (χ3n) is 5.01. The van der Waals surface area contributed by atoms with Gasteiger partial charge in [-0.3, -0.25) is 14.4 Å². The molecule has 0 aliphatic rings. The zero-order valence-corrected chi connectivity index (χ0v) is 18.3. The molecule has 34 heavy (non-hydrogen) atoms. The second-order valence-electron chi connectivity index (χ2n) is 7.70. The summed E-state index contributed by atoms with van der Waals surface area (Å²) in [6, 6.07) is 15.7. The molecule has 0 aromatic heterocycles. The van der Waals surface area contributed by atoms with Crippen LogP contribution < -0.4 is 5.32 Å². The molecule has 0 radical (unpaired) electrons. The molecule has 0 heterocycles. The Kier molecular flexibility index (Phi) is 7.05. The summed E-state index contributed by atoms with van der Waals surface area (Å²) in [4.78, 5) is 38.1. The van der Waals surface area contributed by atoms with Crippen LogP contribution in [0.5, 0.6) is 0 Å². The number of carbonyl (C=O) groups excluding carboxylic acids is 2. The minimum atomic E-state index is -4.75. The summed E-state index contributed by atoms with van der Waals surface area (Å²) in [6.07, 6.45) is -5.13. The molecule has 2 N–H and O–H groups in total. The van der Waals surface area contributed by atoms with Gasteiger partial charge < -0.3 is 15.3 Å². The molecular weight excluding hydrogens is 449 g/mol. The number of halogens is 3. The first-order chi connectivity index (χ1) is 16.0. The number of carboxylic acid groups (broad SMARTS) is 1. The van der Waals surface area contributed by atoms with Crippen LogP contribution in [-0.2, 0) is 17.4 Å². The summed E-state index contributed by atoms with van der Waals surface area (Å²) in [5.41, 5.74) is -0.878. The number of anilines is 1. The number of aliphatic carboxylic acids is 1. The molecule has 6 nitrogen and oxygen atoms in total. The Labute approximate surface area is 193 Å². The number of alkyl halides is 3. The van der Waals surface area contributed by atoms with Crippen molar-refractivity contribution in [2.45, 2.75) is 12.6 Å². The minimum absolute atomic E-state index is 0.119. The zero-order valence-electron chi connectivity index (χ0n) is 18.3. The van der Waals surface area contributed by atoms with Crippen LogP contribution >= 0.6 is 0 Å². The first-order valence-corrected chi connectivity index (χ1v) is 10.1. The van der Waals surface area contributed by atoms with Crippen LogP contribution in [0.15, 0.2) is 66.7 Å². The van der Waals surface area contributed by atoms with Crippen molar-refractivity contribution in [3.8, 4) is 11.1 Å². The van der Waals surface area contributed by atoms with Gasteiger partial charge in [-0.05, 0) is 29.3 Å². The highest BCUT2D eigenvalue weighted by molar-refractivity contribution is 6.13. The Balaban J connectivity index is 2.13. The monoisotopic (exact) mass is 470 g/mol. The number of nitrogens with zero attached hydrogens (tertiary/aromatic N) is 1. The maximum Gasteiger partial charge on any atom is 0.418 e. The first kappa shape index (κ1) is 24.5. The van der Waals surface area contributed by atoms with Crippen molar-refractivity contribution in [2.75, 3.05) is 19.4 Å². The van der Waals surface area contributed by atoms with Gasteiger partial charge in [0.2, 0.25) is 0 Å². The van der Waals surface area contributed by atoms with E-state index in [1.807, 2.05) is 0 Å². The van der Waals surface area contributed by atoms with Gasteiger partial charge in [-0.1, -0.05) is 48.5 Å². The largest absolute Gasteiger partial charge is 0.481 e. The molecule has 0 aliphatic heterocycles. The van der Waals surface area contributed by atoms with Gasteiger partial charge in [-0.25, -0.2) is 0 Å². The van der Waals surface area contributed by atoms with Crippen molar-refractivity contribution in [1.82, 2.24) is 4.90 Å². The lowest BCUT2D eigenvalue weighted by Crippen LogP contribution is -2.26. The van der Waals surface area contributed by atoms with Crippen molar-refractivity contribution in [1.29, 1.82) is 0 Å². The second kappa shape index (κ2) is 9.78. The molecular formula is C25H21F3N2O4. The van der Waals surface area contributed by atoms with Crippen molar-refractivity contribution < 1.29 is 32.7 Å². The number of para-hydroxylation sites is 1. The summed E-state index contributed by atoms with van der Waals surface area (Å²) in [5.74, 6) is -2.65. The summed E-state index contributed by atoms with van der Waals surface area (Å²) < 4.78 is 41.5. The van der Waals surface area contributed by atoms with E-state index in [1.165, 1.54) is 49.3 Å². The third kappa shape index (κ3) is 5.43. The Bertz CT molecular complexity index is 1240. The highest BCUT2D eigenvalue weighted by Gasteiger charge is 2.35. The van der Waals surface area contributed by atoms with Gasteiger partial charge >= 0.3 is 12.1 Å². The Hall–Kier alpha value is -4.14. The fraction of sp³-hybridized carbons (Fsp3) is 0.160. The van der Waals surface area contributed by atoms with E-state index in [0.717, 1.165) is 6.07 Å². The van der Waals surface area contributed by atoms with E-state index in [1.54, 1.807) is 30.3 Å². The number of benzene rings is 3. The van der Waals surface area contributed by atoms with Gasteiger partial charge in [0.05, 0.1) is 28.8 Å². The van der Waals surface area contributed by atoms with Crippen LogP contribution in [0.25, 0.3) is 11.1 Å². The lowest BCUT2D eigenvalue weighted by molar-refractivity contribution is -0.137. The number of rotatable bonds is 6. The van der Waals surface area contributed by atoms with Crippen LogP contribution in [0.1, 0.15) is 31.8 Å². The molecule has 2 amide bonds. The summed E-state index contributed by atoms with van der Waals surface area (Å²) in [5, 5.41) is 11.4. The van der Waals surface area contributed by atoms with Gasteiger partial charge in [-0.15, -0.1) is 0 Å². The molecule has 0 saturated heterocycles. The van der Waals surface area contributed by atoms with Gasteiger partial charge in [0.1, 0.15) is 0 Å². The van der Waals surface area contributed by atoms with Gasteiger partial charge in [-0.2, -0.15) is 13.2 Å². The quantitative estimate of drug-likeness (QED) is 0.534. The van der Waals surface area contributed by atoms with Crippen LogP contribution in [-0.4, -0.2) is 41.9 Å². The normalized spacial score (nSPS) is 11.1. The standard InChI is InChI=1S/C25H21F3N2O4/c1-30(2)24(34)19-13-15(14-21(31)32)11-12-18(19)23(33)29-22-17(16-7-4-3-5-8-16)9-6-10-20(22)25(26,27)28/h3-13H,14H2,1-2H3,(H,29,33)(H,31,32). The SMILES string of the molecule is CN(C)C(=O)c1cc(CC(=O)O)ccc1C(=O)Nc1c(-c2ccccc2)cccc1C(F)(F)F. The number of hydrogen-bond donors (Lipinski definition) is 2. The van der Waals surface area contributed by atoms with E-state index in [2.05, 4.69) is 5.32 Å². The van der Waals surface area contributed by atoms with Crippen LogP contribution in [0.2, 0.25) is 0 Å². The summed E-state index contributed by atoms with van der Waals surface area (Å²) in [7, 11) is 2.89. The van der Waals surface area contributed by atoms with Crippen LogP contribution in [0, 0.1) is 0 Å². The van der Waals surface area contributed by atoms with Gasteiger partial charge in [0, 0.05) is 19.7 Å². The fourth-order valence-electron chi connectivity index (χ4n) is 3.45. The first-order valence-electron chi connectivity index (χ1n) is 10.1. The summed E-state index contributed by atoms with van der Waals surface area (Å²) in [6.45, 7) is 0. The molecule has 3 rings (SSSR count). The van der Waals surface area contributed by atoms with Crippen LogP contribution in [0.4, 0.5) is 18.9 Å². The highest BCUT2D eigenvalue weighted by Crippen LogP contribution is 2.40. The molecule has 176 valence electrons. The molecule has 0 fully saturated rings. The Morgan fingerprint density at radius 3 is 2.18 bits per heavy atom. The Morgan fingerprint density at radius 1 is 0.912 bits per heavy atom. The van der Waals surface area contributed by atoms with Crippen molar-refractivity contribution >= 4 is 23.5 Å². The van der Waals surface area contributed by atoms with E-state index < -0.39 is 35.2 Å². The average Bonchev–Trinajstić information content (AvgIpc) is 2.78. The molecule has 0 bridgehead atoms. The molecule has 0 unspecified atom stereocenters. The van der Waals surface area contributed by atoms with Crippen molar-refractivity contribution in [2.24, 2.45) is 0 Å². The summed E-state index contributed by atoms with van der Waals surface area (Å²) >= 11 is 0. The predicted octanol–water partition coefficient (Wildman–Crippen LogP) is 4.95. The fourth-order valence-corrected chi connectivity index (χ4v) is 3.45. The lowest BCUT2D eigenvalue weighted by Gasteiger charge is -2.19. The van der Waals surface area contributed by atoms with Gasteiger partial charge in [0.15, 0.2) is 0 Å². The predicted molar refractivity (Wildman–Crippen MR) is 121 cm³/mol. The van der Waals surface area contributed by atoms with E-state index in [0.29, 0.717) is 5.56 Å². The maximum absolute atomic E-state index is 13.8. The van der Waals surface area contributed by atoms with Crippen LogP contribution in [0.3, 0.4) is 0 Å².